The summed E-state index contributed by atoms with van der Waals surface area (Å²) < 4.78 is 16.8. The van der Waals surface area contributed by atoms with Crippen molar-refractivity contribution in [3.8, 4) is 0 Å². The number of hydrogen-bond donors (Lipinski definition) is 0. The van der Waals surface area contributed by atoms with E-state index in [4.69, 9.17) is 8.85 Å². The van der Waals surface area contributed by atoms with Gasteiger partial charge in [0, 0.05) is 33.8 Å². The van der Waals surface area contributed by atoms with Crippen LogP contribution >= 0.6 is 0 Å². The summed E-state index contributed by atoms with van der Waals surface area (Å²) in [6.07, 6.45) is 1.52. The molecule has 1 unspecified atom stereocenters. The minimum absolute atomic E-state index is 0.104. The van der Waals surface area contributed by atoms with E-state index in [2.05, 4.69) is 56.2 Å². The van der Waals surface area contributed by atoms with E-state index in [0.29, 0.717) is 30.9 Å². The zero-order valence-corrected chi connectivity index (χ0v) is 21.9. The Morgan fingerprint density at radius 2 is 1.70 bits per heavy atom. The van der Waals surface area contributed by atoms with Gasteiger partial charge >= 0.3 is 5.69 Å². The lowest BCUT2D eigenvalue weighted by molar-refractivity contribution is 0.117. The molecule has 2 rings (SSSR count). The first kappa shape index (κ1) is 24.7. The van der Waals surface area contributed by atoms with Gasteiger partial charge in [0.15, 0.2) is 27.8 Å². The van der Waals surface area contributed by atoms with Gasteiger partial charge in [0.1, 0.15) is 0 Å². The first-order valence-electron chi connectivity index (χ1n) is 10.3. The van der Waals surface area contributed by atoms with E-state index in [9.17, 15) is 9.59 Å². The number of nitrogens with zero attached hydrogens (tertiary/aromatic N) is 5. The van der Waals surface area contributed by atoms with Gasteiger partial charge in [0.2, 0.25) is 0 Å². The molecule has 0 radical (unpaired) electrons. The Morgan fingerprint density at radius 3 is 2.27 bits per heavy atom. The quantitative estimate of drug-likeness (QED) is 0.504. The molecular formula is C19H37N5O4Si2. The topological polar surface area (TPSA) is 83.5 Å². The minimum atomic E-state index is -1.82. The van der Waals surface area contributed by atoms with Crippen LogP contribution in [0.15, 0.2) is 15.9 Å². The molecule has 2 aromatic rings. The van der Waals surface area contributed by atoms with Crippen LogP contribution in [0.25, 0.3) is 11.2 Å². The normalized spacial score (nSPS) is 14.1. The third-order valence-corrected chi connectivity index (χ3v) is 6.77. The minimum Gasteiger partial charge on any atom is -0.416 e. The van der Waals surface area contributed by atoms with E-state index in [-0.39, 0.29) is 17.4 Å². The fourth-order valence-electron chi connectivity index (χ4n) is 3.33. The van der Waals surface area contributed by atoms with Crippen LogP contribution in [-0.2, 0) is 29.5 Å². The summed E-state index contributed by atoms with van der Waals surface area (Å²) in [4.78, 5) is 31.5. The number of rotatable bonds is 10. The molecule has 0 N–H and O–H groups in total. The molecule has 0 aliphatic rings. The predicted molar refractivity (Wildman–Crippen MR) is 125 cm³/mol. The third kappa shape index (κ3) is 6.48. The van der Waals surface area contributed by atoms with Crippen molar-refractivity contribution in [3.63, 3.8) is 0 Å². The van der Waals surface area contributed by atoms with Crippen molar-refractivity contribution >= 4 is 27.8 Å². The molecule has 0 aliphatic carbocycles. The predicted octanol–water partition coefficient (Wildman–Crippen LogP) is 1.44. The van der Waals surface area contributed by atoms with E-state index in [0.717, 1.165) is 11.1 Å². The molecule has 9 nitrogen and oxygen atoms in total. The first-order valence-corrected chi connectivity index (χ1v) is 17.1. The molecular weight excluding hydrogens is 418 g/mol. The average Bonchev–Trinajstić information content (AvgIpc) is 2.99. The maximum atomic E-state index is 12.7. The van der Waals surface area contributed by atoms with E-state index < -0.39 is 16.6 Å². The molecule has 0 bridgehead atoms. The molecule has 11 heteroatoms. The SMILES string of the molecule is CN(CCO[Si](C)(C)C)CC(Cn1cnc2c1c(=O)n(C)c(=O)n2C)O[Si](C)(C)C. The number of aryl methyl sites for hydroxylation is 1. The molecule has 0 aliphatic heterocycles. The van der Waals surface area contributed by atoms with Gasteiger partial charge in [-0.1, -0.05) is 0 Å². The van der Waals surface area contributed by atoms with Crippen molar-refractivity contribution in [1.29, 1.82) is 0 Å². The van der Waals surface area contributed by atoms with Crippen LogP contribution < -0.4 is 11.2 Å². The van der Waals surface area contributed by atoms with E-state index in [1.165, 1.54) is 11.6 Å². The van der Waals surface area contributed by atoms with Gasteiger partial charge in [-0.2, -0.15) is 0 Å². The number of hydrogen-bond acceptors (Lipinski definition) is 6. The highest BCUT2D eigenvalue weighted by molar-refractivity contribution is 6.70. The van der Waals surface area contributed by atoms with Gasteiger partial charge in [-0.15, -0.1) is 0 Å². The van der Waals surface area contributed by atoms with Gasteiger partial charge in [0.25, 0.3) is 5.56 Å². The van der Waals surface area contributed by atoms with Crippen LogP contribution in [0.5, 0.6) is 0 Å². The highest BCUT2D eigenvalue weighted by atomic mass is 28.4. The lowest BCUT2D eigenvalue weighted by Gasteiger charge is -2.30. The summed E-state index contributed by atoms with van der Waals surface area (Å²) in [5.74, 6) is 0. The zero-order valence-electron chi connectivity index (χ0n) is 19.9. The van der Waals surface area contributed by atoms with Gasteiger partial charge in [-0.25, -0.2) is 9.78 Å². The molecule has 2 heterocycles. The second-order valence-corrected chi connectivity index (χ2v) is 18.8. The Balaban J connectivity index is 2.25. The molecule has 0 saturated carbocycles. The number of aromatic nitrogens is 4. The van der Waals surface area contributed by atoms with Crippen molar-refractivity contribution < 1.29 is 8.85 Å². The second-order valence-electron chi connectivity index (χ2n) is 9.85. The Morgan fingerprint density at radius 1 is 1.07 bits per heavy atom. The molecule has 0 aromatic carbocycles. The molecule has 30 heavy (non-hydrogen) atoms. The molecule has 2 aromatic heterocycles. The number of imidazole rings is 1. The largest absolute Gasteiger partial charge is 0.416 e. The lowest BCUT2D eigenvalue weighted by Crippen LogP contribution is -2.43. The number of fused-ring (bicyclic) bond motifs is 1. The zero-order chi connectivity index (χ0) is 22.9. The maximum Gasteiger partial charge on any atom is 0.332 e. The van der Waals surface area contributed by atoms with Crippen molar-refractivity contribution in [2.75, 3.05) is 26.7 Å². The molecule has 0 fully saturated rings. The standard InChI is InChI=1S/C19H37N5O4Si2/c1-21(10-11-27-29(4,5)6)12-15(28-30(7,8)9)13-24-14-20-17-16(24)18(25)23(3)19(26)22(17)2/h14-15H,10-13H2,1-9H3. The molecule has 0 saturated heterocycles. The van der Waals surface area contributed by atoms with Crippen LogP contribution in [0, 0.1) is 0 Å². The average molecular weight is 456 g/mol. The summed E-state index contributed by atoms with van der Waals surface area (Å²) in [6.45, 7) is 15.7. The lowest BCUT2D eigenvalue weighted by atomic mass is 10.3. The van der Waals surface area contributed by atoms with E-state index in [1.54, 1.807) is 13.4 Å². The first-order chi connectivity index (χ1) is 13.7. The highest BCUT2D eigenvalue weighted by Gasteiger charge is 2.25. The van der Waals surface area contributed by atoms with Gasteiger partial charge < -0.3 is 18.3 Å². The van der Waals surface area contributed by atoms with Crippen molar-refractivity contribution in [1.82, 2.24) is 23.6 Å². The van der Waals surface area contributed by atoms with Crippen molar-refractivity contribution in [2.45, 2.75) is 51.9 Å². The van der Waals surface area contributed by atoms with Crippen LogP contribution in [-0.4, -0.2) is 73.1 Å². The Kier molecular flexibility index (Phi) is 7.67. The summed E-state index contributed by atoms with van der Waals surface area (Å²) in [7, 11) is 1.83. The Labute approximate surface area is 180 Å². The van der Waals surface area contributed by atoms with Crippen LogP contribution in [0.4, 0.5) is 0 Å². The van der Waals surface area contributed by atoms with Crippen LogP contribution in [0.2, 0.25) is 39.3 Å². The van der Waals surface area contributed by atoms with Crippen LogP contribution in [0.3, 0.4) is 0 Å². The van der Waals surface area contributed by atoms with Crippen LogP contribution in [0.1, 0.15) is 0 Å². The summed E-state index contributed by atoms with van der Waals surface area (Å²) in [5, 5.41) is 0. The van der Waals surface area contributed by atoms with E-state index in [1.807, 2.05) is 4.57 Å². The molecule has 1 atom stereocenters. The molecule has 170 valence electrons. The van der Waals surface area contributed by atoms with E-state index >= 15 is 0 Å². The molecule has 0 spiro atoms. The van der Waals surface area contributed by atoms with Gasteiger partial charge in [-0.3, -0.25) is 13.9 Å². The maximum absolute atomic E-state index is 12.7. The fraction of sp³-hybridized carbons (Fsp3) is 0.737. The fourth-order valence-corrected chi connectivity index (χ4v) is 5.19. The van der Waals surface area contributed by atoms with Crippen molar-refractivity contribution in [2.24, 2.45) is 14.1 Å². The third-order valence-electron chi connectivity index (χ3n) is 4.66. The van der Waals surface area contributed by atoms with Crippen molar-refractivity contribution in [3.05, 3.63) is 27.2 Å². The second kappa shape index (κ2) is 9.31. The van der Waals surface area contributed by atoms with Gasteiger partial charge in [0.05, 0.1) is 19.0 Å². The highest BCUT2D eigenvalue weighted by Crippen LogP contribution is 2.14. The smallest absolute Gasteiger partial charge is 0.332 e. The Hall–Kier alpha value is -1.54. The summed E-state index contributed by atoms with van der Waals surface area (Å²) >= 11 is 0. The number of likely N-dealkylation sites (N-methyl/N-ethyl adjacent to an activating group) is 1. The monoisotopic (exact) mass is 455 g/mol. The summed E-state index contributed by atoms with van der Waals surface area (Å²) in [5.41, 5.74) is 0.101. The molecule has 0 amide bonds. The summed E-state index contributed by atoms with van der Waals surface area (Å²) in [6, 6.07) is 0. The van der Waals surface area contributed by atoms with Gasteiger partial charge in [-0.05, 0) is 46.3 Å². The Bertz CT molecular complexity index is 984.